The molecule has 0 saturated heterocycles. The van der Waals surface area contributed by atoms with Gasteiger partial charge in [-0.2, -0.15) is 19.3 Å². The number of aromatic nitrogens is 3. The maximum Gasteiger partial charge on any atom is 0.233 e. The fraction of sp³-hybridized carbons (Fsp3) is 0.0800. The molecular formula is C25H17N6O15S5-5. The predicted molar refractivity (Wildman–Crippen MR) is 169 cm³/mol. The van der Waals surface area contributed by atoms with Crippen LogP contribution in [-0.2, 0) is 49.8 Å². The van der Waals surface area contributed by atoms with Gasteiger partial charge in [0, 0.05) is 22.8 Å². The minimum absolute atomic E-state index is 0.000648. The number of fused-ring (bicyclic) bond motifs is 2. The average molecular weight is 802 g/mol. The molecule has 0 atom stereocenters. The van der Waals surface area contributed by atoms with E-state index in [-0.39, 0.29) is 55.7 Å². The van der Waals surface area contributed by atoms with E-state index in [0.29, 0.717) is 18.1 Å². The smallest absolute Gasteiger partial charge is 0.233 e. The summed E-state index contributed by atoms with van der Waals surface area (Å²) in [6.07, 6.45) is 0. The molecule has 0 aliphatic rings. The Morgan fingerprint density at radius 2 is 1.14 bits per heavy atom. The molecule has 0 radical (unpaired) electrons. The Bertz CT molecular complexity index is 2630. The minimum Gasteiger partial charge on any atom is -0.748 e. The average Bonchev–Trinajstić information content (AvgIpc) is 3.00. The summed E-state index contributed by atoms with van der Waals surface area (Å²) < 4.78 is 144. The van der Waals surface area contributed by atoms with Crippen LogP contribution in [0.3, 0.4) is 0 Å². The molecule has 0 aliphatic heterocycles. The zero-order chi connectivity index (χ0) is 37.4. The highest BCUT2D eigenvalue weighted by Crippen LogP contribution is 2.33. The van der Waals surface area contributed by atoms with Gasteiger partial charge in [-0.3, -0.25) is 5.04 Å². The molecule has 3 N–H and O–H groups in total. The van der Waals surface area contributed by atoms with Crippen molar-refractivity contribution in [3.63, 3.8) is 0 Å². The third-order valence-corrected chi connectivity index (χ3v) is 10.4. The molecule has 51 heavy (non-hydrogen) atoms. The molecule has 0 unspecified atom stereocenters. The van der Waals surface area contributed by atoms with Gasteiger partial charge in [0.1, 0.15) is 30.4 Å². The number of nitrogens with one attached hydrogen (secondary N) is 3. The standard InChI is InChI=1S/C25H22N6O15S5/c32-45-46-47-17-9-13-7-15(1-3-19(13)21(11-17)50(39,40)41)27-24-29-23(26-5-6-48(33,34)35)30-25(31-24)28-16-2-4-20-14(8-16)10-18(49(36,37)38)12-22(20)51(42,43)44/h1-4,7-12,32H,5-6H2,(H,33,34,35)(H,36,37,38)(H,39,40,41)(H,42,43,44)(H3,26,27,28,29,30,31)/p-5. The summed E-state index contributed by atoms with van der Waals surface area (Å²) in [6.45, 7) is -0.443. The second-order valence-corrected chi connectivity index (χ2v) is 16.4. The topological polar surface area (TPSA) is 345 Å². The highest BCUT2D eigenvalue weighted by molar-refractivity contribution is 7.94. The van der Waals surface area contributed by atoms with Gasteiger partial charge in [-0.15, -0.1) is 0 Å². The monoisotopic (exact) mass is 801 g/mol. The van der Waals surface area contributed by atoms with Crippen LogP contribution in [0.2, 0.25) is 0 Å². The molecule has 5 aromatic rings. The largest absolute Gasteiger partial charge is 0.748 e. The number of hydrogen-bond donors (Lipinski definition) is 3. The molecule has 0 amide bonds. The first-order valence-electron chi connectivity index (χ1n) is 13.3. The van der Waals surface area contributed by atoms with Gasteiger partial charge < -0.3 is 39.4 Å². The molecule has 0 bridgehead atoms. The van der Waals surface area contributed by atoms with E-state index < -0.39 is 67.5 Å². The Kier molecular flexibility index (Phi) is 10.7. The van der Waals surface area contributed by atoms with Gasteiger partial charge >= 0.3 is 0 Å². The van der Waals surface area contributed by atoms with Crippen molar-refractivity contribution >= 4 is 103 Å². The lowest BCUT2D eigenvalue weighted by molar-refractivity contribution is -0.777. The van der Waals surface area contributed by atoms with E-state index in [0.717, 1.165) is 18.2 Å². The summed E-state index contributed by atoms with van der Waals surface area (Å²) in [5.41, 5.74) is 0.252. The van der Waals surface area contributed by atoms with E-state index in [1.807, 2.05) is 0 Å². The van der Waals surface area contributed by atoms with Crippen molar-refractivity contribution in [2.24, 2.45) is 0 Å². The summed E-state index contributed by atoms with van der Waals surface area (Å²) in [6, 6.07) is 11.2. The lowest BCUT2D eigenvalue weighted by atomic mass is 10.1. The van der Waals surface area contributed by atoms with Crippen molar-refractivity contribution in [1.29, 1.82) is 0 Å². The summed E-state index contributed by atoms with van der Waals surface area (Å²) in [4.78, 5) is 9.81. The molecule has 1 heterocycles. The predicted octanol–water partition coefficient (Wildman–Crippen LogP) is 0.565. The number of anilines is 5. The molecular weight excluding hydrogens is 785 g/mol. The maximum absolute atomic E-state index is 11.9. The van der Waals surface area contributed by atoms with E-state index in [1.165, 1.54) is 36.4 Å². The molecule has 0 fully saturated rings. The van der Waals surface area contributed by atoms with E-state index in [9.17, 15) is 57.1 Å². The summed E-state index contributed by atoms with van der Waals surface area (Å²) >= 11 is 0.330. The molecule has 0 saturated carbocycles. The molecule has 21 nitrogen and oxygen atoms in total. The Balaban J connectivity index is 1.55. The highest BCUT2D eigenvalue weighted by atomic mass is 32.2. The fourth-order valence-electron chi connectivity index (χ4n) is 4.54. The van der Waals surface area contributed by atoms with Gasteiger partial charge in [0.25, 0.3) is 0 Å². The number of hydrogen-bond acceptors (Lipinski definition) is 22. The summed E-state index contributed by atoms with van der Waals surface area (Å²) in [5.74, 6) is -1.67. The van der Waals surface area contributed by atoms with Crippen molar-refractivity contribution in [1.82, 2.24) is 15.0 Å². The van der Waals surface area contributed by atoms with Gasteiger partial charge in [-0.05, 0) is 70.1 Å². The van der Waals surface area contributed by atoms with Crippen LogP contribution >= 0.6 is 12.0 Å². The van der Waals surface area contributed by atoms with Crippen LogP contribution < -0.4 is 21.2 Å². The Labute approximate surface area is 292 Å². The van der Waals surface area contributed by atoms with Crippen molar-refractivity contribution in [3.05, 3.63) is 60.7 Å². The van der Waals surface area contributed by atoms with Crippen molar-refractivity contribution < 1.29 is 66.5 Å². The first-order chi connectivity index (χ1) is 23.7. The van der Waals surface area contributed by atoms with Gasteiger partial charge in [0.15, 0.2) is 0 Å². The quantitative estimate of drug-likeness (QED) is 0.0597. The zero-order valence-corrected chi connectivity index (χ0v) is 28.8. The highest BCUT2D eigenvalue weighted by Gasteiger charge is 2.16. The lowest BCUT2D eigenvalue weighted by Crippen LogP contribution is -2.17. The van der Waals surface area contributed by atoms with Crippen LogP contribution in [0.1, 0.15) is 0 Å². The van der Waals surface area contributed by atoms with Gasteiger partial charge in [0.2, 0.25) is 17.8 Å². The first-order valence-corrected chi connectivity index (χ1v) is 19.9. The lowest BCUT2D eigenvalue weighted by Gasteiger charge is -2.16. The van der Waals surface area contributed by atoms with Crippen LogP contribution in [0.15, 0.2) is 80.2 Å². The summed E-state index contributed by atoms with van der Waals surface area (Å²) in [5, 5.41) is 21.4. The number of benzene rings is 4. The molecule has 26 heteroatoms. The molecule has 272 valence electrons. The molecule has 0 spiro atoms. The van der Waals surface area contributed by atoms with E-state index in [4.69, 9.17) is 0 Å². The second kappa shape index (κ2) is 14.4. The van der Waals surface area contributed by atoms with Crippen LogP contribution in [0, 0.1) is 0 Å². The Morgan fingerprint density at radius 1 is 0.627 bits per heavy atom. The van der Waals surface area contributed by atoms with Crippen LogP contribution in [0.4, 0.5) is 29.2 Å². The number of rotatable bonds is 14. The second-order valence-electron chi connectivity index (χ2n) is 10.0. The van der Waals surface area contributed by atoms with E-state index in [2.05, 4.69) is 40.3 Å². The van der Waals surface area contributed by atoms with E-state index >= 15 is 0 Å². The van der Waals surface area contributed by atoms with Crippen molar-refractivity contribution in [3.8, 4) is 0 Å². The zero-order valence-electron chi connectivity index (χ0n) is 24.7. The Morgan fingerprint density at radius 3 is 1.63 bits per heavy atom. The van der Waals surface area contributed by atoms with Gasteiger partial charge in [-0.25, -0.2) is 33.7 Å². The SMILES string of the molecule is O=S(=O)([O-])CCNc1nc(Nc2ccc3c(S(=O)(=O)[O-])cc(SOO[O-])cc3c2)nc(Nc2ccc3c(S(=O)(=O)[O-])cc(S(=O)(=O)[O-])cc3c2)n1. The van der Waals surface area contributed by atoms with Crippen molar-refractivity contribution in [2.45, 2.75) is 19.6 Å². The fourth-order valence-corrected chi connectivity index (χ4v) is 7.48. The molecule has 5 rings (SSSR count). The molecule has 4 aromatic carbocycles. The van der Waals surface area contributed by atoms with Gasteiger partial charge in [0.05, 0.1) is 42.6 Å². The van der Waals surface area contributed by atoms with Crippen LogP contribution in [0.25, 0.3) is 21.5 Å². The third kappa shape index (κ3) is 9.72. The van der Waals surface area contributed by atoms with Gasteiger partial charge in [-0.1, -0.05) is 12.1 Å². The summed E-state index contributed by atoms with van der Waals surface area (Å²) in [7, 11) is -20.1. The van der Waals surface area contributed by atoms with E-state index in [1.54, 1.807) is 0 Å². The number of nitrogens with zero attached hydrogens (tertiary/aromatic N) is 3. The van der Waals surface area contributed by atoms with Crippen LogP contribution in [-0.4, -0.2) is 79.1 Å². The van der Waals surface area contributed by atoms with Crippen molar-refractivity contribution in [2.75, 3.05) is 28.2 Å². The normalized spacial score (nSPS) is 12.6. The van der Waals surface area contributed by atoms with Crippen LogP contribution in [0.5, 0.6) is 0 Å². The Hall–Kier alpha value is -4.32. The minimum atomic E-state index is -5.23. The molecule has 0 aliphatic carbocycles. The third-order valence-electron chi connectivity index (χ3n) is 6.54. The molecule has 1 aromatic heterocycles. The first kappa shape index (κ1) is 37.9. The maximum atomic E-state index is 11.9.